The number of hydrogen-bond acceptors (Lipinski definition) is 5. The highest BCUT2D eigenvalue weighted by molar-refractivity contribution is 5.78. The van der Waals surface area contributed by atoms with Crippen LogP contribution in [0.25, 0.3) is 0 Å². The van der Waals surface area contributed by atoms with Crippen LogP contribution in [-0.2, 0) is 9.53 Å². The predicted molar refractivity (Wildman–Crippen MR) is 67.3 cm³/mol. The van der Waals surface area contributed by atoms with E-state index in [9.17, 15) is 4.79 Å². The lowest BCUT2D eigenvalue weighted by Gasteiger charge is -2.42. The van der Waals surface area contributed by atoms with Gasteiger partial charge in [0.2, 0.25) is 0 Å². The van der Waals surface area contributed by atoms with Gasteiger partial charge in [0.25, 0.3) is 0 Å². The molecule has 1 atom stereocenters. The minimum Gasteiger partial charge on any atom is -0.463 e. The van der Waals surface area contributed by atoms with Crippen LogP contribution in [0.3, 0.4) is 0 Å². The molecule has 0 radical (unpaired) electrons. The summed E-state index contributed by atoms with van der Waals surface area (Å²) in [5.41, 5.74) is 9.88. The van der Waals surface area contributed by atoms with Gasteiger partial charge in [-0.15, -0.1) is 0 Å². The Kier molecular flexibility index (Phi) is 5.13. The second-order valence-corrected chi connectivity index (χ2v) is 6.08. The largest absolute Gasteiger partial charge is 0.463 e. The molecule has 5 nitrogen and oxygen atoms in total. The predicted octanol–water partition coefficient (Wildman–Crippen LogP) is 0.393. The number of nitrogens with two attached hydrogens (primary N) is 2. The van der Waals surface area contributed by atoms with Crippen molar-refractivity contribution in [2.24, 2.45) is 16.9 Å². The van der Waals surface area contributed by atoms with E-state index < -0.39 is 22.5 Å². The number of aliphatic hydroxyl groups excluding tert-OH is 1. The van der Waals surface area contributed by atoms with Gasteiger partial charge in [-0.1, -0.05) is 0 Å². The molecule has 0 rings (SSSR count). The fourth-order valence-electron chi connectivity index (χ4n) is 1.77. The molecule has 0 amide bonds. The second kappa shape index (κ2) is 5.33. The van der Waals surface area contributed by atoms with E-state index in [2.05, 4.69) is 0 Å². The first-order chi connectivity index (χ1) is 7.44. The fourth-order valence-corrected chi connectivity index (χ4v) is 1.77. The number of carbonyl (C=O) groups excluding carboxylic acids is 1. The zero-order chi connectivity index (χ0) is 13.9. The highest BCUT2D eigenvalue weighted by Gasteiger charge is 2.48. The van der Waals surface area contributed by atoms with Gasteiger partial charge in [0.1, 0.15) is 6.61 Å². The minimum absolute atomic E-state index is 0.0183. The van der Waals surface area contributed by atoms with Crippen molar-refractivity contribution in [3.05, 3.63) is 0 Å². The van der Waals surface area contributed by atoms with Crippen molar-refractivity contribution in [2.75, 3.05) is 13.2 Å². The van der Waals surface area contributed by atoms with Crippen LogP contribution in [0.15, 0.2) is 0 Å². The molecule has 5 heteroatoms. The molecule has 0 aliphatic rings. The van der Waals surface area contributed by atoms with Gasteiger partial charge in [0.15, 0.2) is 0 Å². The molecular weight excluding hydrogens is 220 g/mol. The lowest BCUT2D eigenvalue weighted by molar-refractivity contribution is -0.161. The van der Waals surface area contributed by atoms with Crippen molar-refractivity contribution in [3.8, 4) is 0 Å². The van der Waals surface area contributed by atoms with Crippen molar-refractivity contribution < 1.29 is 14.6 Å². The van der Waals surface area contributed by atoms with Crippen molar-refractivity contribution in [2.45, 2.75) is 52.1 Å². The van der Waals surface area contributed by atoms with Crippen LogP contribution < -0.4 is 11.5 Å². The Morgan fingerprint density at radius 2 is 1.65 bits per heavy atom. The van der Waals surface area contributed by atoms with Crippen LogP contribution in [0.1, 0.15) is 41.0 Å². The first kappa shape index (κ1) is 16.4. The minimum atomic E-state index is -0.888. The highest BCUT2D eigenvalue weighted by Crippen LogP contribution is 2.37. The average molecular weight is 246 g/mol. The number of ether oxygens (including phenoxy) is 1. The number of aliphatic hydroxyl groups is 1. The molecule has 0 saturated heterocycles. The first-order valence-corrected chi connectivity index (χ1v) is 5.80. The van der Waals surface area contributed by atoms with Crippen LogP contribution >= 0.6 is 0 Å². The van der Waals surface area contributed by atoms with E-state index in [4.69, 9.17) is 21.3 Å². The van der Waals surface area contributed by atoms with Gasteiger partial charge in [-0.05, 0) is 41.0 Å². The van der Waals surface area contributed by atoms with Gasteiger partial charge in [-0.2, -0.15) is 0 Å². The number of carbonyl (C=O) groups is 1. The Hall–Kier alpha value is -0.650. The van der Waals surface area contributed by atoms with E-state index in [-0.39, 0.29) is 13.2 Å². The zero-order valence-electron chi connectivity index (χ0n) is 11.5. The molecule has 0 heterocycles. The van der Waals surface area contributed by atoms with Crippen molar-refractivity contribution in [1.82, 2.24) is 0 Å². The lowest BCUT2D eigenvalue weighted by Crippen LogP contribution is -2.58. The van der Waals surface area contributed by atoms with Gasteiger partial charge in [-0.25, -0.2) is 0 Å². The second-order valence-electron chi connectivity index (χ2n) is 6.08. The molecule has 5 N–H and O–H groups in total. The van der Waals surface area contributed by atoms with Crippen molar-refractivity contribution in [3.63, 3.8) is 0 Å². The molecule has 17 heavy (non-hydrogen) atoms. The van der Waals surface area contributed by atoms with Crippen LogP contribution in [0, 0.1) is 5.41 Å². The Balaban J connectivity index is 5.05. The maximum absolute atomic E-state index is 12.1. The summed E-state index contributed by atoms with van der Waals surface area (Å²) in [4.78, 5) is 12.1. The first-order valence-electron chi connectivity index (χ1n) is 5.80. The Bertz CT molecular complexity index is 266. The van der Waals surface area contributed by atoms with E-state index in [1.54, 1.807) is 20.8 Å². The van der Waals surface area contributed by atoms with Gasteiger partial charge in [0.05, 0.1) is 12.0 Å². The SMILES string of the molecule is CC(C)(N)CC(C)(C(=O)OCCO)C(C)(C)N. The highest BCUT2D eigenvalue weighted by atomic mass is 16.5. The van der Waals surface area contributed by atoms with Gasteiger partial charge in [0, 0.05) is 11.1 Å². The van der Waals surface area contributed by atoms with E-state index >= 15 is 0 Å². The van der Waals surface area contributed by atoms with Crippen LogP contribution in [0.5, 0.6) is 0 Å². The zero-order valence-corrected chi connectivity index (χ0v) is 11.5. The van der Waals surface area contributed by atoms with Gasteiger partial charge in [-0.3, -0.25) is 4.79 Å². The van der Waals surface area contributed by atoms with E-state index in [1.807, 2.05) is 13.8 Å². The summed E-state index contributed by atoms with van der Waals surface area (Å²) < 4.78 is 5.00. The molecule has 1 unspecified atom stereocenters. The summed E-state index contributed by atoms with van der Waals surface area (Å²) in [7, 11) is 0. The van der Waals surface area contributed by atoms with Crippen molar-refractivity contribution in [1.29, 1.82) is 0 Å². The molecule has 102 valence electrons. The third-order valence-corrected chi connectivity index (χ3v) is 3.01. The van der Waals surface area contributed by atoms with Crippen LogP contribution in [0.4, 0.5) is 0 Å². The third kappa shape index (κ3) is 4.61. The topological polar surface area (TPSA) is 98.6 Å². The fraction of sp³-hybridized carbons (Fsp3) is 0.917. The summed E-state index contributed by atoms with van der Waals surface area (Å²) in [6, 6.07) is 0. The van der Waals surface area contributed by atoms with E-state index in [0.717, 1.165) is 0 Å². The molecule has 0 aliphatic carbocycles. The lowest BCUT2D eigenvalue weighted by atomic mass is 9.67. The Morgan fingerprint density at radius 3 is 1.94 bits per heavy atom. The summed E-state index contributed by atoms with van der Waals surface area (Å²) in [5, 5.41) is 8.68. The number of rotatable bonds is 6. The molecule has 0 saturated carbocycles. The van der Waals surface area contributed by atoms with Gasteiger partial charge >= 0.3 is 5.97 Å². The summed E-state index contributed by atoms with van der Waals surface area (Å²) in [5.74, 6) is -0.419. The molecular formula is C12H26N2O3. The summed E-state index contributed by atoms with van der Waals surface area (Å²) >= 11 is 0. The molecule has 0 aromatic heterocycles. The maximum Gasteiger partial charge on any atom is 0.313 e. The molecule has 0 aromatic rings. The molecule has 0 aromatic carbocycles. The monoisotopic (exact) mass is 246 g/mol. The summed E-state index contributed by atoms with van der Waals surface area (Å²) in [6.45, 7) is 8.78. The Morgan fingerprint density at radius 1 is 1.18 bits per heavy atom. The molecule has 0 fully saturated rings. The molecule has 0 aliphatic heterocycles. The van der Waals surface area contributed by atoms with Crippen LogP contribution in [0.2, 0.25) is 0 Å². The Labute approximate surface area is 104 Å². The van der Waals surface area contributed by atoms with E-state index in [0.29, 0.717) is 6.42 Å². The van der Waals surface area contributed by atoms with Crippen molar-refractivity contribution >= 4 is 5.97 Å². The average Bonchev–Trinajstić information content (AvgIpc) is 2.09. The quantitative estimate of drug-likeness (QED) is 0.589. The van der Waals surface area contributed by atoms with Crippen LogP contribution in [-0.4, -0.2) is 35.4 Å². The summed E-state index contributed by atoms with van der Waals surface area (Å²) in [6.07, 6.45) is 0.410. The van der Waals surface area contributed by atoms with Gasteiger partial charge < -0.3 is 21.3 Å². The molecule has 0 bridgehead atoms. The third-order valence-electron chi connectivity index (χ3n) is 3.01. The number of hydrogen-bond donors (Lipinski definition) is 3. The van der Waals surface area contributed by atoms with E-state index in [1.165, 1.54) is 0 Å². The molecule has 0 spiro atoms. The smallest absolute Gasteiger partial charge is 0.313 e. The standard InChI is InChI=1S/C12H26N2O3/c1-10(2,13)8-12(5,11(3,4)14)9(16)17-7-6-15/h15H,6-8,13-14H2,1-5H3. The number of esters is 1. The normalized spacial score (nSPS) is 16.5. The maximum atomic E-state index is 12.1.